The van der Waals surface area contributed by atoms with Crippen LogP contribution in [0, 0.1) is 5.92 Å². The number of fused-ring (bicyclic) bond motifs is 3. The molecule has 9 nitrogen and oxygen atoms in total. The number of halogens is 1. The molecule has 0 radical (unpaired) electrons. The zero-order valence-electron chi connectivity index (χ0n) is 24.1. The van der Waals surface area contributed by atoms with Crippen molar-refractivity contribution < 1.29 is 13.9 Å². The fourth-order valence-corrected chi connectivity index (χ4v) is 6.18. The number of carbonyl (C=O) groups excluding carboxylic acids is 1. The summed E-state index contributed by atoms with van der Waals surface area (Å²) >= 11 is 0. The summed E-state index contributed by atoms with van der Waals surface area (Å²) in [6, 6.07) is 11.7. The van der Waals surface area contributed by atoms with Crippen LogP contribution in [0.5, 0.6) is 5.75 Å². The molecule has 1 aliphatic carbocycles. The van der Waals surface area contributed by atoms with Gasteiger partial charge in [0.25, 0.3) is 5.91 Å². The minimum atomic E-state index is -0.668. The van der Waals surface area contributed by atoms with Crippen molar-refractivity contribution in [1.82, 2.24) is 28.6 Å². The van der Waals surface area contributed by atoms with Gasteiger partial charge in [-0.2, -0.15) is 0 Å². The van der Waals surface area contributed by atoms with Gasteiger partial charge >= 0.3 is 0 Å². The monoisotopic (exact) mass is 569 g/mol. The van der Waals surface area contributed by atoms with Crippen LogP contribution in [0.15, 0.2) is 48.9 Å². The van der Waals surface area contributed by atoms with Crippen LogP contribution < -0.4 is 10.5 Å². The Hall–Kier alpha value is -4.18. The first-order valence-electron chi connectivity index (χ1n) is 14.7. The van der Waals surface area contributed by atoms with Gasteiger partial charge in [0.05, 0.1) is 41.2 Å². The largest absolute Gasteiger partial charge is 0.491 e. The van der Waals surface area contributed by atoms with E-state index in [4.69, 9.17) is 15.5 Å². The lowest BCUT2D eigenvalue weighted by Gasteiger charge is -2.30. The van der Waals surface area contributed by atoms with Crippen LogP contribution in [0.3, 0.4) is 0 Å². The molecule has 1 amide bonds. The van der Waals surface area contributed by atoms with Crippen LogP contribution in [0.1, 0.15) is 34.5 Å². The highest BCUT2D eigenvalue weighted by Gasteiger charge is 2.29. The molecule has 2 N–H and O–H groups in total. The summed E-state index contributed by atoms with van der Waals surface area (Å²) in [5.41, 5.74) is 12.5. The maximum Gasteiger partial charge on any atom is 0.254 e. The smallest absolute Gasteiger partial charge is 0.254 e. The number of nitrogens with two attached hydrogens (primary N) is 1. The number of imidazole rings is 2. The molecule has 0 spiro atoms. The zero-order valence-corrected chi connectivity index (χ0v) is 24.1. The van der Waals surface area contributed by atoms with Crippen LogP contribution >= 0.6 is 0 Å². The lowest BCUT2D eigenvalue weighted by Crippen LogP contribution is -2.45. The van der Waals surface area contributed by atoms with Crippen molar-refractivity contribution >= 4 is 27.8 Å². The Morgan fingerprint density at radius 2 is 2.05 bits per heavy atom. The summed E-state index contributed by atoms with van der Waals surface area (Å²) in [5.74, 6) is 2.26. The SMILES string of the molecule is Cn1cncc1CCOc1cccc2cc(-c3nc4cc5c(cc4n3C)CCN(C[C@H](N)CF)C5=O)n(CC3CC3)c12. The third kappa shape index (κ3) is 4.73. The van der Waals surface area contributed by atoms with Crippen LogP contribution in [0.25, 0.3) is 33.5 Å². The molecule has 3 aromatic heterocycles. The Kier molecular flexibility index (Phi) is 6.73. The molecule has 7 rings (SSSR count). The van der Waals surface area contributed by atoms with E-state index in [-0.39, 0.29) is 12.5 Å². The number of benzene rings is 2. The lowest BCUT2D eigenvalue weighted by molar-refractivity contribution is 0.0725. The molecule has 2 aliphatic rings. The van der Waals surface area contributed by atoms with Crippen molar-refractivity contribution in [2.24, 2.45) is 25.7 Å². The van der Waals surface area contributed by atoms with Crippen molar-refractivity contribution in [2.45, 2.75) is 38.3 Å². The number of aryl methyl sites for hydroxylation is 2. The number of ether oxygens (including phenoxy) is 1. The highest BCUT2D eigenvalue weighted by atomic mass is 19.1. The number of hydrogen-bond acceptors (Lipinski definition) is 5. The van der Waals surface area contributed by atoms with Gasteiger partial charge in [0.2, 0.25) is 0 Å². The molecule has 0 bridgehead atoms. The van der Waals surface area contributed by atoms with Crippen LogP contribution in [-0.2, 0) is 33.5 Å². The Bertz CT molecular complexity index is 1800. The summed E-state index contributed by atoms with van der Waals surface area (Å²) in [5, 5.41) is 1.12. The first-order chi connectivity index (χ1) is 20.4. The lowest BCUT2D eigenvalue weighted by atomic mass is 9.97. The standard InChI is InChI=1S/C32H36FN7O2/c1-37-19-35-16-24(37)9-11-42-29-5-3-4-22-13-28(40(30(22)29)17-20-6-7-20)31-36-26-14-25-21(12-27(26)38(31)2)8-10-39(32(25)41)18-23(34)15-33/h3-5,12-14,16,19-20,23H,6-11,15,17-18,34H2,1-2H3/t23-/m1/s1. The highest BCUT2D eigenvalue weighted by Crippen LogP contribution is 2.39. The summed E-state index contributed by atoms with van der Waals surface area (Å²) < 4.78 is 26.0. The number of aromatic nitrogens is 5. The van der Waals surface area contributed by atoms with Crippen LogP contribution in [-0.4, -0.2) is 66.9 Å². The maximum atomic E-state index is 13.3. The topological polar surface area (TPSA) is 96.1 Å². The second kappa shape index (κ2) is 10.6. The summed E-state index contributed by atoms with van der Waals surface area (Å²) in [4.78, 5) is 24.2. The first-order valence-corrected chi connectivity index (χ1v) is 14.7. The van der Waals surface area contributed by atoms with Crippen molar-refractivity contribution in [3.8, 4) is 17.3 Å². The van der Waals surface area contributed by atoms with Crippen molar-refractivity contribution in [1.29, 1.82) is 0 Å². The van der Waals surface area contributed by atoms with E-state index in [1.165, 1.54) is 12.8 Å². The number of nitrogens with zero attached hydrogens (tertiary/aromatic N) is 6. The van der Waals surface area contributed by atoms with Gasteiger partial charge in [0.1, 0.15) is 12.4 Å². The molecule has 1 saturated carbocycles. The normalized spacial score (nSPS) is 16.0. The first kappa shape index (κ1) is 26.7. The number of hydrogen-bond donors (Lipinski definition) is 1. The van der Waals surface area contributed by atoms with E-state index in [1.54, 1.807) is 4.90 Å². The Labute approximate surface area is 243 Å². The number of rotatable bonds is 10. The quantitative estimate of drug-likeness (QED) is 0.271. The fraction of sp³-hybridized carbons (Fsp3) is 0.406. The molecule has 2 aromatic carbocycles. The van der Waals surface area contributed by atoms with Crippen molar-refractivity contribution in [2.75, 3.05) is 26.4 Å². The molecule has 1 fully saturated rings. The Balaban J connectivity index is 1.26. The number of amides is 1. The second-order valence-corrected chi connectivity index (χ2v) is 11.8. The molecule has 5 aromatic rings. The predicted octanol–water partition coefficient (Wildman–Crippen LogP) is 4.26. The van der Waals surface area contributed by atoms with Gasteiger partial charge in [-0.1, -0.05) is 12.1 Å². The van der Waals surface area contributed by atoms with Gasteiger partial charge in [0, 0.05) is 63.0 Å². The molecular weight excluding hydrogens is 533 g/mol. The minimum absolute atomic E-state index is 0.106. The summed E-state index contributed by atoms with van der Waals surface area (Å²) in [6.45, 7) is 1.57. The van der Waals surface area contributed by atoms with E-state index in [2.05, 4.69) is 32.3 Å². The number of para-hydroxylation sites is 1. The average Bonchev–Trinajstić information content (AvgIpc) is 3.48. The molecule has 218 valence electrons. The van der Waals surface area contributed by atoms with Gasteiger partial charge in [-0.15, -0.1) is 0 Å². The summed E-state index contributed by atoms with van der Waals surface area (Å²) in [6.07, 6.45) is 7.62. The van der Waals surface area contributed by atoms with E-state index in [0.29, 0.717) is 31.1 Å². The van der Waals surface area contributed by atoms with E-state index in [1.807, 2.05) is 49.4 Å². The molecule has 1 aliphatic heterocycles. The van der Waals surface area contributed by atoms with Crippen LogP contribution in [0.2, 0.25) is 0 Å². The van der Waals surface area contributed by atoms with Crippen LogP contribution in [0.4, 0.5) is 4.39 Å². The molecule has 0 unspecified atom stereocenters. The van der Waals surface area contributed by atoms with Gasteiger partial charge < -0.3 is 29.1 Å². The van der Waals surface area contributed by atoms with E-state index >= 15 is 0 Å². The summed E-state index contributed by atoms with van der Waals surface area (Å²) in [7, 11) is 4.04. The predicted molar refractivity (Wildman–Crippen MR) is 160 cm³/mol. The molecule has 0 saturated heterocycles. The third-order valence-electron chi connectivity index (χ3n) is 8.71. The maximum absolute atomic E-state index is 13.3. The number of alkyl halides is 1. The molecule has 42 heavy (non-hydrogen) atoms. The van der Waals surface area contributed by atoms with Gasteiger partial charge in [-0.05, 0) is 55.0 Å². The molecular formula is C32H36FN7O2. The van der Waals surface area contributed by atoms with E-state index < -0.39 is 12.7 Å². The van der Waals surface area contributed by atoms with Crippen molar-refractivity contribution in [3.63, 3.8) is 0 Å². The van der Waals surface area contributed by atoms with Crippen molar-refractivity contribution in [3.05, 3.63) is 65.7 Å². The van der Waals surface area contributed by atoms with Gasteiger partial charge in [0.15, 0.2) is 5.82 Å². The molecule has 10 heteroatoms. The average molecular weight is 570 g/mol. The fourth-order valence-electron chi connectivity index (χ4n) is 6.18. The zero-order chi connectivity index (χ0) is 29.0. The Morgan fingerprint density at radius 3 is 2.81 bits per heavy atom. The van der Waals surface area contributed by atoms with Gasteiger partial charge in [-0.3, -0.25) is 4.79 Å². The van der Waals surface area contributed by atoms with E-state index in [9.17, 15) is 9.18 Å². The second-order valence-electron chi connectivity index (χ2n) is 11.8. The molecule has 1 atom stereocenters. The highest BCUT2D eigenvalue weighted by molar-refractivity contribution is 6.01. The number of carbonyl (C=O) groups is 1. The Morgan fingerprint density at radius 1 is 1.19 bits per heavy atom. The molecule has 4 heterocycles. The van der Waals surface area contributed by atoms with E-state index in [0.717, 1.165) is 63.4 Å². The van der Waals surface area contributed by atoms with Gasteiger partial charge in [-0.25, -0.2) is 14.4 Å². The third-order valence-corrected chi connectivity index (χ3v) is 8.71. The minimum Gasteiger partial charge on any atom is -0.491 e.